The molecule has 1 heterocycles. The minimum absolute atomic E-state index is 0.0774. The van der Waals surface area contributed by atoms with Crippen molar-refractivity contribution in [3.8, 4) is 11.1 Å². The summed E-state index contributed by atoms with van der Waals surface area (Å²) in [5.41, 5.74) is 13.8. The van der Waals surface area contributed by atoms with Gasteiger partial charge in [-0.3, -0.25) is 0 Å². The van der Waals surface area contributed by atoms with Crippen molar-refractivity contribution in [2.24, 2.45) is 17.8 Å². The van der Waals surface area contributed by atoms with Crippen molar-refractivity contribution >= 4 is 42.7 Å². The van der Waals surface area contributed by atoms with Crippen LogP contribution in [0, 0.1) is 17.8 Å². The highest BCUT2D eigenvalue weighted by atomic mass is 32.1. The summed E-state index contributed by atoms with van der Waals surface area (Å²) in [5.74, 6) is 2.34. The number of hydrogen-bond donors (Lipinski definition) is 0. The summed E-state index contributed by atoms with van der Waals surface area (Å²) in [7, 11) is 0. The molecule has 0 N–H and O–H groups in total. The Morgan fingerprint density at radius 3 is 2.44 bits per heavy atom. The van der Waals surface area contributed by atoms with Crippen molar-refractivity contribution in [1.29, 1.82) is 0 Å². The highest BCUT2D eigenvalue weighted by Crippen LogP contribution is 2.70. The Bertz CT molecular complexity index is 2640. The number of thiophene rings is 1. The van der Waals surface area contributed by atoms with E-state index in [1.54, 1.807) is 38.6 Å². The van der Waals surface area contributed by atoms with Gasteiger partial charge in [-0.1, -0.05) is 127 Å². The van der Waals surface area contributed by atoms with Crippen LogP contribution in [0.15, 0.2) is 140 Å². The van der Waals surface area contributed by atoms with E-state index in [0.29, 0.717) is 29.6 Å². The summed E-state index contributed by atoms with van der Waals surface area (Å²) in [6, 6.07) is 40.4. The fourth-order valence-electron chi connectivity index (χ4n) is 11.6. The van der Waals surface area contributed by atoms with Gasteiger partial charge < -0.3 is 0 Å². The molecule has 12 rings (SSSR count). The molecule has 228 valence electrons. The zero-order chi connectivity index (χ0) is 31.1. The number of allylic oxidation sites excluding steroid dienone is 6. The molecule has 0 saturated carbocycles. The molecule has 0 radical (unpaired) electrons. The fraction of sp³-hybridized carbons (Fsp3) is 0.191. The fourth-order valence-corrected chi connectivity index (χ4v) is 12.7. The molecule has 6 aliphatic rings. The van der Waals surface area contributed by atoms with E-state index in [-0.39, 0.29) is 5.41 Å². The van der Waals surface area contributed by atoms with Crippen molar-refractivity contribution in [1.82, 2.24) is 0 Å². The Morgan fingerprint density at radius 1 is 0.646 bits per heavy atom. The zero-order valence-electron chi connectivity index (χ0n) is 26.7. The lowest BCUT2D eigenvalue weighted by Gasteiger charge is -2.44. The zero-order valence-corrected chi connectivity index (χ0v) is 27.5. The van der Waals surface area contributed by atoms with E-state index in [9.17, 15) is 0 Å². The summed E-state index contributed by atoms with van der Waals surface area (Å²) in [4.78, 5) is 0. The quantitative estimate of drug-likeness (QED) is 0.159. The number of rotatable bonds is 1. The summed E-state index contributed by atoms with van der Waals surface area (Å²) in [6.45, 7) is 0. The number of hydrogen-bond acceptors (Lipinski definition) is 1. The molecule has 5 aromatic carbocycles. The molecule has 0 nitrogen and oxygen atoms in total. The van der Waals surface area contributed by atoms with Crippen LogP contribution in [-0.4, -0.2) is 0 Å². The van der Waals surface area contributed by atoms with Crippen LogP contribution in [0.3, 0.4) is 0 Å². The standard InChI is InChI=1S/C47H34S/c1-2-12-30-29(11-1)33-17-10-19-36-44(33)38(30)26-41-45(36)35-15-4-7-21-40(35)47(41)39-20-6-3-13-31(39)34-18-9-16-28(46(34)47)27-23-24-43-37(25-27)32-14-5-8-22-42(32)48-43/h1-5,7-19,21-25,29-31,39,41H,6,20,26H2. The molecule has 0 aliphatic heterocycles. The summed E-state index contributed by atoms with van der Waals surface area (Å²) < 4.78 is 2.75. The van der Waals surface area contributed by atoms with Crippen LogP contribution in [0.1, 0.15) is 58.9 Å². The van der Waals surface area contributed by atoms with E-state index < -0.39 is 0 Å². The summed E-state index contributed by atoms with van der Waals surface area (Å²) in [6.07, 6.45) is 18.1. The van der Waals surface area contributed by atoms with Gasteiger partial charge in [-0.15, -0.1) is 11.3 Å². The molecule has 1 heteroatoms. The van der Waals surface area contributed by atoms with Crippen LogP contribution in [0.25, 0.3) is 42.4 Å². The largest absolute Gasteiger partial charge is 0.135 e. The maximum atomic E-state index is 2.59. The first kappa shape index (κ1) is 26.3. The smallest absolute Gasteiger partial charge is 0.0355 e. The average molecular weight is 631 g/mol. The molecule has 6 aliphatic carbocycles. The van der Waals surface area contributed by atoms with E-state index >= 15 is 0 Å². The molecule has 6 unspecified atom stereocenters. The van der Waals surface area contributed by atoms with E-state index in [1.807, 2.05) is 11.3 Å². The van der Waals surface area contributed by atoms with E-state index in [4.69, 9.17) is 0 Å². The Labute approximate surface area is 284 Å². The normalized spacial score (nSPS) is 28.1. The third-order valence-electron chi connectivity index (χ3n) is 13.2. The lowest BCUT2D eigenvalue weighted by atomic mass is 9.58. The van der Waals surface area contributed by atoms with Gasteiger partial charge in [-0.05, 0) is 98.3 Å². The second-order valence-corrected chi connectivity index (χ2v) is 16.0. The third-order valence-corrected chi connectivity index (χ3v) is 14.3. The van der Waals surface area contributed by atoms with Gasteiger partial charge in [0, 0.05) is 49.3 Å². The second-order valence-electron chi connectivity index (χ2n) is 14.9. The molecular formula is C47H34S. The molecule has 6 atom stereocenters. The number of benzene rings is 5. The average Bonchev–Trinajstić information content (AvgIpc) is 3.86. The Hall–Kier alpha value is -4.72. The molecular weight excluding hydrogens is 597 g/mol. The topological polar surface area (TPSA) is 0 Å². The summed E-state index contributed by atoms with van der Waals surface area (Å²) >= 11 is 1.92. The van der Waals surface area contributed by atoms with Gasteiger partial charge in [-0.25, -0.2) is 0 Å². The van der Waals surface area contributed by atoms with Crippen molar-refractivity contribution < 1.29 is 0 Å². The predicted molar refractivity (Wildman–Crippen MR) is 201 cm³/mol. The van der Waals surface area contributed by atoms with Crippen molar-refractivity contribution in [3.05, 3.63) is 178 Å². The van der Waals surface area contributed by atoms with E-state index in [1.165, 1.54) is 54.9 Å². The van der Waals surface area contributed by atoms with Crippen LogP contribution < -0.4 is 10.4 Å². The first-order valence-electron chi connectivity index (χ1n) is 17.8. The molecule has 0 fully saturated rings. The molecule has 6 aromatic rings. The minimum Gasteiger partial charge on any atom is -0.135 e. The van der Waals surface area contributed by atoms with Crippen LogP contribution in [0.2, 0.25) is 0 Å². The van der Waals surface area contributed by atoms with E-state index in [0.717, 1.165) is 6.42 Å². The molecule has 0 saturated heterocycles. The lowest BCUT2D eigenvalue weighted by molar-refractivity contribution is 0.255. The summed E-state index contributed by atoms with van der Waals surface area (Å²) in [5, 5.41) is 5.85. The molecule has 0 amide bonds. The second kappa shape index (κ2) is 9.24. The monoisotopic (exact) mass is 630 g/mol. The van der Waals surface area contributed by atoms with Gasteiger partial charge in [0.2, 0.25) is 0 Å². The Morgan fingerprint density at radius 2 is 1.46 bits per heavy atom. The van der Waals surface area contributed by atoms with Gasteiger partial charge in [0.15, 0.2) is 0 Å². The van der Waals surface area contributed by atoms with Crippen LogP contribution in [-0.2, 0) is 5.41 Å². The molecule has 48 heavy (non-hydrogen) atoms. The maximum absolute atomic E-state index is 2.59. The highest BCUT2D eigenvalue weighted by molar-refractivity contribution is 7.25. The van der Waals surface area contributed by atoms with Gasteiger partial charge in [0.1, 0.15) is 0 Å². The van der Waals surface area contributed by atoms with Crippen LogP contribution in [0.4, 0.5) is 0 Å². The van der Waals surface area contributed by atoms with Crippen LogP contribution in [0.5, 0.6) is 0 Å². The van der Waals surface area contributed by atoms with Crippen molar-refractivity contribution in [2.45, 2.75) is 36.5 Å². The maximum Gasteiger partial charge on any atom is 0.0355 e. The van der Waals surface area contributed by atoms with Gasteiger partial charge in [0.25, 0.3) is 0 Å². The van der Waals surface area contributed by atoms with Gasteiger partial charge in [0.05, 0.1) is 0 Å². The first-order chi connectivity index (χ1) is 23.8. The Balaban J connectivity index is 1.19. The predicted octanol–water partition coefficient (Wildman–Crippen LogP) is 10.3. The minimum atomic E-state index is -0.0774. The Kier molecular flexibility index (Phi) is 5.06. The molecule has 0 bridgehead atoms. The van der Waals surface area contributed by atoms with Crippen LogP contribution >= 0.6 is 11.3 Å². The van der Waals surface area contributed by atoms with Gasteiger partial charge >= 0.3 is 0 Å². The van der Waals surface area contributed by atoms with E-state index in [2.05, 4.69) is 140 Å². The van der Waals surface area contributed by atoms with Crippen molar-refractivity contribution in [3.63, 3.8) is 0 Å². The first-order valence-corrected chi connectivity index (χ1v) is 18.7. The molecule has 1 aromatic heterocycles. The lowest BCUT2D eigenvalue weighted by Crippen LogP contribution is -2.44. The highest BCUT2D eigenvalue weighted by Gasteiger charge is 2.63. The van der Waals surface area contributed by atoms with Gasteiger partial charge in [-0.2, -0.15) is 0 Å². The molecule has 1 spiro atoms. The number of fused-ring (bicyclic) bond motifs is 16. The SMILES string of the molecule is C1=CC2C3=c4c(cccc4=C4c5ccccc5C5(c6c(-c7ccc8sc9ccccc9c8c7)cccc6C6C=CCCC65)C4C3)C2C=C1. The van der Waals surface area contributed by atoms with Crippen molar-refractivity contribution in [2.75, 3.05) is 0 Å². The third kappa shape index (κ3) is 3.05.